The summed E-state index contributed by atoms with van der Waals surface area (Å²) in [5.41, 5.74) is 7.83. The van der Waals surface area contributed by atoms with Gasteiger partial charge < -0.3 is 10.3 Å². The largest absolute Gasteiger partial charge is 0.369 e. The van der Waals surface area contributed by atoms with Gasteiger partial charge in [0.25, 0.3) is 5.92 Å². The van der Waals surface area contributed by atoms with E-state index in [4.69, 9.17) is 5.73 Å². The fraction of sp³-hybridized carbons (Fsp3) is 0.200. The van der Waals surface area contributed by atoms with Crippen molar-refractivity contribution in [2.24, 2.45) is 5.73 Å². The fourth-order valence-electron chi connectivity index (χ4n) is 3.23. The molecule has 0 saturated carbocycles. The van der Waals surface area contributed by atoms with E-state index in [9.17, 15) is 18.0 Å². The molecule has 1 amide bonds. The molecular weight excluding hydrogens is 397 g/mol. The van der Waals surface area contributed by atoms with Gasteiger partial charge >= 0.3 is 0 Å². The van der Waals surface area contributed by atoms with Crippen molar-refractivity contribution in [2.45, 2.75) is 25.8 Å². The van der Waals surface area contributed by atoms with Crippen LogP contribution in [0.5, 0.6) is 0 Å². The smallest absolute Gasteiger partial charge is 0.262 e. The Balaban J connectivity index is 1.90. The van der Waals surface area contributed by atoms with Gasteiger partial charge in [-0.3, -0.25) is 4.79 Å². The number of nitrogens with two attached hydrogens (primary N) is 1. The Labute approximate surface area is 169 Å². The van der Waals surface area contributed by atoms with Crippen molar-refractivity contribution >= 4 is 11.6 Å². The maximum atomic E-state index is 13.8. The minimum absolute atomic E-state index is 0.0747. The third-order valence-corrected chi connectivity index (χ3v) is 4.43. The van der Waals surface area contributed by atoms with E-state index in [1.807, 2.05) is 0 Å². The van der Waals surface area contributed by atoms with Gasteiger partial charge in [-0.2, -0.15) is 5.10 Å². The molecule has 0 aliphatic rings. The lowest BCUT2D eigenvalue weighted by molar-refractivity contribution is -0.117. The summed E-state index contributed by atoms with van der Waals surface area (Å²) in [4.78, 5) is 19.8. The summed E-state index contributed by atoms with van der Waals surface area (Å²) in [5.74, 6) is -3.97. The zero-order valence-electron chi connectivity index (χ0n) is 15.9. The Morgan fingerprint density at radius 1 is 1.13 bits per heavy atom. The SMILES string of the molecule is CC(F)(F)Cn1cnc(-c2ccc(F)cc2)c1-c1ccc2ncc(CC(N)=O)n2n1. The highest BCUT2D eigenvalue weighted by atomic mass is 19.3. The van der Waals surface area contributed by atoms with E-state index in [0.29, 0.717) is 34.0 Å². The number of hydrogen-bond acceptors (Lipinski definition) is 4. The van der Waals surface area contributed by atoms with Crippen molar-refractivity contribution in [3.63, 3.8) is 0 Å². The Morgan fingerprint density at radius 2 is 1.87 bits per heavy atom. The number of carbonyl (C=O) groups excluding carboxylic acids is 1. The minimum atomic E-state index is -2.99. The highest BCUT2D eigenvalue weighted by Crippen LogP contribution is 2.32. The summed E-state index contributed by atoms with van der Waals surface area (Å²) in [6.45, 7) is 0.195. The van der Waals surface area contributed by atoms with Crippen LogP contribution in [-0.2, 0) is 17.8 Å². The van der Waals surface area contributed by atoms with Gasteiger partial charge in [0.05, 0.1) is 42.6 Å². The molecule has 3 heterocycles. The molecule has 7 nitrogen and oxygen atoms in total. The van der Waals surface area contributed by atoms with Crippen molar-refractivity contribution in [1.29, 1.82) is 0 Å². The standard InChI is InChI=1S/C20H17F3N6O/c1-20(22,23)10-28-11-26-18(12-2-4-13(21)5-3-12)19(28)15-6-7-17-25-9-14(8-16(24)30)29(17)27-15/h2-7,9,11H,8,10H2,1H3,(H2,24,30). The summed E-state index contributed by atoms with van der Waals surface area (Å²) in [6, 6.07) is 8.86. The second-order valence-corrected chi connectivity index (χ2v) is 7.03. The quantitative estimate of drug-likeness (QED) is 0.525. The van der Waals surface area contributed by atoms with E-state index in [0.717, 1.165) is 6.92 Å². The van der Waals surface area contributed by atoms with Crippen LogP contribution in [0.15, 0.2) is 48.9 Å². The predicted octanol–water partition coefficient (Wildman–Crippen LogP) is 3.08. The molecule has 0 bridgehead atoms. The van der Waals surface area contributed by atoms with Gasteiger partial charge in [-0.1, -0.05) is 0 Å². The van der Waals surface area contributed by atoms with Crippen LogP contribution in [0.2, 0.25) is 0 Å². The molecule has 3 aromatic heterocycles. The molecular formula is C20H17F3N6O. The number of carbonyl (C=O) groups is 1. The van der Waals surface area contributed by atoms with Crippen molar-refractivity contribution in [3.05, 3.63) is 60.4 Å². The van der Waals surface area contributed by atoms with Crippen LogP contribution in [0.3, 0.4) is 0 Å². The summed E-state index contributed by atoms with van der Waals surface area (Å²) in [5, 5.41) is 4.49. The van der Waals surface area contributed by atoms with Crippen molar-refractivity contribution in [1.82, 2.24) is 24.1 Å². The van der Waals surface area contributed by atoms with Crippen molar-refractivity contribution in [3.8, 4) is 22.6 Å². The van der Waals surface area contributed by atoms with E-state index in [1.165, 1.54) is 45.9 Å². The number of benzene rings is 1. The van der Waals surface area contributed by atoms with Crippen molar-refractivity contribution in [2.75, 3.05) is 0 Å². The number of alkyl halides is 2. The topological polar surface area (TPSA) is 91.1 Å². The normalized spacial score (nSPS) is 11.9. The Morgan fingerprint density at radius 3 is 2.53 bits per heavy atom. The van der Waals surface area contributed by atoms with E-state index >= 15 is 0 Å². The first-order chi connectivity index (χ1) is 14.2. The Kier molecular flexibility index (Phi) is 4.76. The molecule has 0 saturated heterocycles. The number of hydrogen-bond donors (Lipinski definition) is 1. The van der Waals surface area contributed by atoms with Gasteiger partial charge in [-0.25, -0.2) is 27.7 Å². The molecule has 0 fully saturated rings. The van der Waals surface area contributed by atoms with E-state index in [-0.39, 0.29) is 6.42 Å². The van der Waals surface area contributed by atoms with Gasteiger partial charge in [0, 0.05) is 12.5 Å². The third-order valence-electron chi connectivity index (χ3n) is 4.43. The zero-order chi connectivity index (χ0) is 21.5. The van der Waals surface area contributed by atoms with E-state index < -0.39 is 24.2 Å². The molecule has 0 aliphatic heterocycles. The summed E-state index contributed by atoms with van der Waals surface area (Å²) in [7, 11) is 0. The number of halogens is 3. The number of nitrogens with zero attached hydrogens (tertiary/aromatic N) is 5. The van der Waals surface area contributed by atoms with Crippen LogP contribution < -0.4 is 5.73 Å². The number of aromatic nitrogens is 5. The molecule has 0 spiro atoms. The zero-order valence-corrected chi connectivity index (χ0v) is 15.9. The first-order valence-corrected chi connectivity index (χ1v) is 9.02. The van der Waals surface area contributed by atoms with Gasteiger partial charge in [-0.05, 0) is 36.4 Å². The highest BCUT2D eigenvalue weighted by Gasteiger charge is 2.26. The predicted molar refractivity (Wildman–Crippen MR) is 103 cm³/mol. The van der Waals surface area contributed by atoms with Crippen LogP contribution in [0.4, 0.5) is 13.2 Å². The van der Waals surface area contributed by atoms with E-state index in [1.54, 1.807) is 12.1 Å². The molecule has 0 atom stereocenters. The number of amides is 1. The van der Waals surface area contributed by atoms with Gasteiger partial charge in [0.2, 0.25) is 5.91 Å². The monoisotopic (exact) mass is 414 g/mol. The van der Waals surface area contributed by atoms with Crippen LogP contribution >= 0.6 is 0 Å². The summed E-state index contributed by atoms with van der Waals surface area (Å²) < 4.78 is 43.7. The molecule has 0 radical (unpaired) electrons. The molecule has 154 valence electrons. The summed E-state index contributed by atoms with van der Waals surface area (Å²) in [6.07, 6.45) is 2.71. The third kappa shape index (κ3) is 3.88. The molecule has 0 unspecified atom stereocenters. The molecule has 0 aliphatic carbocycles. The van der Waals surface area contributed by atoms with Gasteiger partial charge in [0.15, 0.2) is 5.65 Å². The van der Waals surface area contributed by atoms with Crippen molar-refractivity contribution < 1.29 is 18.0 Å². The van der Waals surface area contributed by atoms with Crippen LogP contribution in [-0.4, -0.2) is 36.0 Å². The lowest BCUT2D eigenvalue weighted by Gasteiger charge is -2.15. The number of fused-ring (bicyclic) bond motifs is 1. The lowest BCUT2D eigenvalue weighted by Crippen LogP contribution is -2.19. The number of primary amides is 1. The van der Waals surface area contributed by atoms with Gasteiger partial charge in [0.1, 0.15) is 11.5 Å². The van der Waals surface area contributed by atoms with E-state index in [2.05, 4.69) is 15.1 Å². The van der Waals surface area contributed by atoms with Gasteiger partial charge in [-0.15, -0.1) is 0 Å². The average molecular weight is 414 g/mol. The lowest BCUT2D eigenvalue weighted by atomic mass is 10.1. The number of rotatable bonds is 6. The second-order valence-electron chi connectivity index (χ2n) is 7.03. The molecule has 1 aromatic carbocycles. The highest BCUT2D eigenvalue weighted by molar-refractivity contribution is 5.78. The minimum Gasteiger partial charge on any atom is -0.369 e. The maximum Gasteiger partial charge on any atom is 0.262 e. The summed E-state index contributed by atoms with van der Waals surface area (Å²) >= 11 is 0. The molecule has 10 heteroatoms. The first-order valence-electron chi connectivity index (χ1n) is 9.02. The molecule has 30 heavy (non-hydrogen) atoms. The molecule has 4 aromatic rings. The van der Waals surface area contributed by atoms with Crippen LogP contribution in [0, 0.1) is 5.82 Å². The van der Waals surface area contributed by atoms with Crippen LogP contribution in [0.1, 0.15) is 12.6 Å². The maximum absolute atomic E-state index is 13.8. The second kappa shape index (κ2) is 7.29. The van der Waals surface area contributed by atoms with Crippen LogP contribution in [0.25, 0.3) is 28.3 Å². The Bertz CT molecular complexity index is 1220. The average Bonchev–Trinajstić information content (AvgIpc) is 3.24. The molecule has 2 N–H and O–H groups in total. The molecule has 4 rings (SSSR count). The Hall–Kier alpha value is -3.69. The fourth-order valence-corrected chi connectivity index (χ4v) is 3.23. The number of imidazole rings is 2. The first kappa shape index (κ1) is 19.6.